The quantitative estimate of drug-likeness (QED) is 0.670. The molecular formula is C20H26F2N4O2S2. The summed E-state index contributed by atoms with van der Waals surface area (Å²) in [5, 5.41) is 3.74. The third-order valence-electron chi connectivity index (χ3n) is 5.69. The third-order valence-corrected chi connectivity index (χ3v) is 7.82. The SMILES string of the molecule is O=C(CSCc1nc2sc3c(c2c(=O)[nH]1)CCCC3)NC1CCN(CC(F)F)CC1. The number of aromatic amines is 1. The van der Waals surface area contributed by atoms with E-state index in [9.17, 15) is 18.4 Å². The lowest BCUT2D eigenvalue weighted by Crippen LogP contribution is -2.46. The monoisotopic (exact) mass is 456 g/mol. The standard InChI is InChI=1S/C20H26F2N4O2S2/c21-15(22)9-26-7-5-12(6-8-26)23-17(27)11-29-10-16-24-19(28)18-13-3-1-2-4-14(13)30-20(18)25-16/h12,15H,1-11H2,(H,23,27)(H,24,25,28). The first-order chi connectivity index (χ1) is 14.5. The van der Waals surface area contributed by atoms with Gasteiger partial charge in [-0.05, 0) is 44.1 Å². The van der Waals surface area contributed by atoms with Gasteiger partial charge in [-0.1, -0.05) is 0 Å². The van der Waals surface area contributed by atoms with Crippen molar-refractivity contribution < 1.29 is 13.6 Å². The van der Waals surface area contributed by atoms with Crippen molar-refractivity contribution in [2.75, 3.05) is 25.4 Å². The van der Waals surface area contributed by atoms with Gasteiger partial charge in [0.05, 0.1) is 23.4 Å². The maximum atomic E-state index is 12.6. The number of aryl methyl sites for hydroxylation is 2. The number of carbonyl (C=O) groups is 1. The van der Waals surface area contributed by atoms with Crippen LogP contribution in [-0.2, 0) is 23.4 Å². The van der Waals surface area contributed by atoms with E-state index in [0.29, 0.717) is 37.5 Å². The highest BCUT2D eigenvalue weighted by atomic mass is 32.2. The molecule has 30 heavy (non-hydrogen) atoms. The predicted molar refractivity (Wildman–Crippen MR) is 117 cm³/mol. The molecule has 2 aromatic heterocycles. The molecule has 164 valence electrons. The molecule has 1 aliphatic carbocycles. The molecule has 0 spiro atoms. The first-order valence-corrected chi connectivity index (χ1v) is 12.4. The molecule has 1 saturated heterocycles. The Labute approximate surface area is 181 Å². The van der Waals surface area contributed by atoms with Gasteiger partial charge in [-0.3, -0.25) is 14.5 Å². The summed E-state index contributed by atoms with van der Waals surface area (Å²) in [6, 6.07) is 0.0405. The van der Waals surface area contributed by atoms with E-state index in [-0.39, 0.29) is 29.8 Å². The smallest absolute Gasteiger partial charge is 0.259 e. The number of nitrogens with zero attached hydrogens (tertiary/aromatic N) is 2. The van der Waals surface area contributed by atoms with Gasteiger partial charge in [-0.15, -0.1) is 23.1 Å². The minimum atomic E-state index is -2.31. The van der Waals surface area contributed by atoms with Crippen molar-refractivity contribution in [3.63, 3.8) is 0 Å². The van der Waals surface area contributed by atoms with Gasteiger partial charge in [0.25, 0.3) is 12.0 Å². The van der Waals surface area contributed by atoms with Gasteiger partial charge >= 0.3 is 0 Å². The van der Waals surface area contributed by atoms with Gasteiger partial charge in [0.15, 0.2) is 0 Å². The predicted octanol–water partition coefficient (Wildman–Crippen LogP) is 2.94. The van der Waals surface area contributed by atoms with E-state index in [1.165, 1.54) is 28.6 Å². The van der Waals surface area contributed by atoms with Crippen molar-refractivity contribution in [3.8, 4) is 0 Å². The summed E-state index contributed by atoms with van der Waals surface area (Å²) in [6.07, 6.45) is 3.34. The second kappa shape index (κ2) is 9.74. The Kier molecular flexibility index (Phi) is 7.05. The zero-order chi connectivity index (χ0) is 21.1. The number of alkyl halides is 2. The normalized spacial score (nSPS) is 18.1. The summed E-state index contributed by atoms with van der Waals surface area (Å²) in [5.74, 6) is 1.28. The maximum Gasteiger partial charge on any atom is 0.259 e. The van der Waals surface area contributed by atoms with Gasteiger partial charge in [0.2, 0.25) is 5.91 Å². The van der Waals surface area contributed by atoms with Crippen LogP contribution in [-0.4, -0.2) is 58.6 Å². The van der Waals surface area contributed by atoms with Gasteiger partial charge < -0.3 is 10.3 Å². The number of thioether (sulfide) groups is 1. The van der Waals surface area contributed by atoms with E-state index in [0.717, 1.165) is 29.5 Å². The number of nitrogens with one attached hydrogen (secondary N) is 2. The van der Waals surface area contributed by atoms with Crippen LogP contribution in [0.4, 0.5) is 8.78 Å². The lowest BCUT2D eigenvalue weighted by atomic mass is 9.97. The van der Waals surface area contributed by atoms with E-state index in [1.54, 1.807) is 16.2 Å². The van der Waals surface area contributed by atoms with Crippen LogP contribution in [0.2, 0.25) is 0 Å². The van der Waals surface area contributed by atoms with E-state index in [2.05, 4.69) is 15.3 Å². The summed E-state index contributed by atoms with van der Waals surface area (Å²) in [6.45, 7) is 0.968. The van der Waals surface area contributed by atoms with Gasteiger partial charge in [0.1, 0.15) is 10.7 Å². The number of aromatic nitrogens is 2. The van der Waals surface area contributed by atoms with E-state index in [1.807, 2.05) is 0 Å². The molecule has 0 radical (unpaired) electrons. The number of H-pyrrole nitrogens is 1. The second-order valence-corrected chi connectivity index (χ2v) is 10.00. The number of halogens is 2. The fourth-order valence-corrected chi connectivity index (χ4v) is 6.22. The number of carbonyl (C=O) groups excluding carboxylic acids is 1. The molecule has 0 unspecified atom stereocenters. The fourth-order valence-electron chi connectivity index (χ4n) is 4.24. The highest BCUT2D eigenvalue weighted by Crippen LogP contribution is 2.33. The van der Waals surface area contributed by atoms with E-state index in [4.69, 9.17) is 0 Å². The topological polar surface area (TPSA) is 78.1 Å². The Bertz CT molecular complexity index is 954. The van der Waals surface area contributed by atoms with Crippen LogP contribution < -0.4 is 10.9 Å². The molecule has 2 aromatic rings. The number of fused-ring (bicyclic) bond motifs is 3. The molecule has 2 aliphatic rings. The third kappa shape index (κ3) is 5.20. The average molecular weight is 457 g/mol. The molecule has 0 saturated carbocycles. The van der Waals surface area contributed by atoms with Crippen molar-refractivity contribution in [2.45, 2.75) is 56.7 Å². The summed E-state index contributed by atoms with van der Waals surface area (Å²) < 4.78 is 24.9. The molecule has 6 nitrogen and oxygen atoms in total. The van der Waals surface area contributed by atoms with E-state index < -0.39 is 6.43 Å². The van der Waals surface area contributed by atoms with E-state index >= 15 is 0 Å². The summed E-state index contributed by atoms with van der Waals surface area (Å²) in [5.41, 5.74) is 1.10. The van der Waals surface area contributed by atoms with Crippen LogP contribution in [0.3, 0.4) is 0 Å². The van der Waals surface area contributed by atoms with Crippen LogP contribution in [0, 0.1) is 0 Å². The number of thiophene rings is 1. The largest absolute Gasteiger partial charge is 0.353 e. The van der Waals surface area contributed by atoms with Crippen molar-refractivity contribution in [1.29, 1.82) is 0 Å². The van der Waals surface area contributed by atoms with Crippen molar-refractivity contribution in [1.82, 2.24) is 20.2 Å². The highest BCUT2D eigenvalue weighted by Gasteiger charge is 2.23. The molecule has 1 aliphatic heterocycles. The van der Waals surface area contributed by atoms with Crippen LogP contribution in [0.15, 0.2) is 4.79 Å². The first kappa shape index (κ1) is 21.7. The molecule has 1 fully saturated rings. The van der Waals surface area contributed by atoms with Gasteiger partial charge in [-0.25, -0.2) is 13.8 Å². The maximum absolute atomic E-state index is 12.6. The Morgan fingerprint density at radius 3 is 2.83 bits per heavy atom. The summed E-state index contributed by atoms with van der Waals surface area (Å²) in [7, 11) is 0. The molecular weight excluding hydrogens is 430 g/mol. The second-order valence-electron chi connectivity index (χ2n) is 7.93. The number of rotatable bonds is 7. The lowest BCUT2D eigenvalue weighted by molar-refractivity contribution is -0.119. The zero-order valence-electron chi connectivity index (χ0n) is 16.7. The minimum Gasteiger partial charge on any atom is -0.353 e. The fraction of sp³-hybridized carbons (Fsp3) is 0.650. The molecule has 2 N–H and O–H groups in total. The Morgan fingerprint density at radius 1 is 1.30 bits per heavy atom. The molecule has 10 heteroatoms. The molecule has 0 aromatic carbocycles. The number of hydrogen-bond donors (Lipinski definition) is 2. The average Bonchev–Trinajstić information content (AvgIpc) is 3.08. The van der Waals surface area contributed by atoms with Crippen LogP contribution in [0.25, 0.3) is 10.2 Å². The number of piperidine rings is 1. The summed E-state index contributed by atoms with van der Waals surface area (Å²) in [4.78, 5) is 36.1. The van der Waals surface area contributed by atoms with Gasteiger partial charge in [0, 0.05) is 24.0 Å². The number of hydrogen-bond acceptors (Lipinski definition) is 6. The van der Waals surface area contributed by atoms with Crippen LogP contribution >= 0.6 is 23.1 Å². The highest BCUT2D eigenvalue weighted by molar-refractivity contribution is 7.99. The van der Waals surface area contributed by atoms with Crippen LogP contribution in [0.5, 0.6) is 0 Å². The van der Waals surface area contributed by atoms with Crippen molar-refractivity contribution in [2.24, 2.45) is 0 Å². The molecule has 1 amide bonds. The van der Waals surface area contributed by atoms with Crippen molar-refractivity contribution in [3.05, 3.63) is 26.6 Å². The van der Waals surface area contributed by atoms with Gasteiger partial charge in [-0.2, -0.15) is 0 Å². The van der Waals surface area contributed by atoms with Crippen molar-refractivity contribution >= 4 is 39.2 Å². The Morgan fingerprint density at radius 2 is 2.07 bits per heavy atom. The summed E-state index contributed by atoms with van der Waals surface area (Å²) >= 11 is 3.04. The van der Waals surface area contributed by atoms with Crippen LogP contribution in [0.1, 0.15) is 41.9 Å². The lowest BCUT2D eigenvalue weighted by Gasteiger charge is -2.32. The minimum absolute atomic E-state index is 0.0405. The number of amides is 1. The first-order valence-electron chi connectivity index (χ1n) is 10.4. The Balaban J connectivity index is 1.26. The Hall–Kier alpha value is -1.52. The number of likely N-dealkylation sites (tertiary alicyclic amines) is 1. The molecule has 0 bridgehead atoms. The molecule has 0 atom stereocenters. The molecule has 4 rings (SSSR count). The zero-order valence-corrected chi connectivity index (χ0v) is 18.3. The molecule has 3 heterocycles.